The van der Waals surface area contributed by atoms with E-state index in [1.54, 1.807) is 104 Å². The van der Waals surface area contributed by atoms with Gasteiger partial charge in [-0.3, -0.25) is 9.44 Å². The maximum atomic E-state index is 13.0. The quantitative estimate of drug-likeness (QED) is 0.0926. The molecule has 0 aliphatic heterocycles. The van der Waals surface area contributed by atoms with Crippen LogP contribution in [0.15, 0.2) is 138 Å². The highest BCUT2D eigenvalue weighted by molar-refractivity contribution is 7.96. The Morgan fingerprint density at radius 1 is 0.525 bits per heavy atom. The molecule has 0 unspecified atom stereocenters. The number of nitrogens with one attached hydrogen (secondary N) is 2. The molecule has 2 N–H and O–H groups in total. The van der Waals surface area contributed by atoms with Gasteiger partial charge in [-0.15, -0.1) is 0 Å². The number of hydrogen-bond donors (Lipinski definition) is 2. The molecular formula is C44H37Cl3N2O8S2. The lowest BCUT2D eigenvalue weighted by Crippen LogP contribution is -2.09. The third-order valence-corrected chi connectivity index (χ3v) is 11.4. The van der Waals surface area contributed by atoms with Gasteiger partial charge >= 0.3 is 0 Å². The fourth-order valence-corrected chi connectivity index (χ4v) is 8.18. The minimum absolute atomic E-state index is 0.153. The van der Waals surface area contributed by atoms with Gasteiger partial charge in [0, 0.05) is 38.3 Å². The van der Waals surface area contributed by atoms with Gasteiger partial charge < -0.3 is 18.9 Å². The average Bonchev–Trinajstić information content (AvgIpc) is 3.21. The van der Waals surface area contributed by atoms with Crippen LogP contribution in [-0.2, 0) is 33.3 Å². The SMILES string of the molecule is COc1cccc(C=CS(=O)(=O)Nc2cccc(OCc3ccc(-c4ccc(C=CS(=O)(=O)Nc5ccc(OC)c(OCc6cccc(Cl)c6)c5)cc4Cl)c(Cl)c3)c2)c1. The van der Waals surface area contributed by atoms with Crippen LogP contribution in [0, 0.1) is 0 Å². The van der Waals surface area contributed by atoms with Gasteiger partial charge in [0.05, 0.1) is 36.4 Å². The molecule has 304 valence electrons. The predicted molar refractivity (Wildman–Crippen MR) is 238 cm³/mol. The summed E-state index contributed by atoms with van der Waals surface area (Å²) < 4.78 is 79.0. The van der Waals surface area contributed by atoms with Gasteiger partial charge in [-0.1, -0.05) is 89.4 Å². The lowest BCUT2D eigenvalue weighted by molar-refractivity contribution is 0.285. The van der Waals surface area contributed by atoms with Crippen molar-refractivity contribution < 1.29 is 35.8 Å². The Kier molecular flexibility index (Phi) is 14.1. The van der Waals surface area contributed by atoms with Gasteiger partial charge in [0.1, 0.15) is 24.7 Å². The van der Waals surface area contributed by atoms with E-state index in [0.29, 0.717) is 66.0 Å². The molecular weight excluding hydrogens is 855 g/mol. The van der Waals surface area contributed by atoms with E-state index in [0.717, 1.165) is 21.9 Å². The zero-order valence-electron chi connectivity index (χ0n) is 31.6. The largest absolute Gasteiger partial charge is 0.497 e. The topological polar surface area (TPSA) is 129 Å². The van der Waals surface area contributed by atoms with Gasteiger partial charge in [0.25, 0.3) is 20.0 Å². The third-order valence-electron chi connectivity index (χ3n) is 8.50. The molecule has 6 aromatic carbocycles. The Balaban J connectivity index is 1.05. The molecule has 6 rings (SSSR count). The van der Waals surface area contributed by atoms with Crippen molar-refractivity contribution in [3.63, 3.8) is 0 Å². The van der Waals surface area contributed by atoms with E-state index in [2.05, 4.69) is 9.44 Å². The maximum absolute atomic E-state index is 13.0. The lowest BCUT2D eigenvalue weighted by atomic mass is 10.0. The second-order valence-electron chi connectivity index (χ2n) is 12.8. The Hall–Kier alpha value is -5.63. The van der Waals surface area contributed by atoms with Crippen LogP contribution in [0.1, 0.15) is 22.3 Å². The normalized spacial score (nSPS) is 11.7. The van der Waals surface area contributed by atoms with Crippen molar-refractivity contribution in [1.29, 1.82) is 0 Å². The molecule has 0 amide bonds. The van der Waals surface area contributed by atoms with E-state index in [4.69, 9.17) is 53.8 Å². The Morgan fingerprint density at radius 3 is 1.81 bits per heavy atom. The highest BCUT2D eigenvalue weighted by Gasteiger charge is 2.14. The summed E-state index contributed by atoms with van der Waals surface area (Å²) in [5, 5.41) is 3.48. The first-order valence-electron chi connectivity index (χ1n) is 17.7. The van der Waals surface area contributed by atoms with Gasteiger partial charge in [-0.25, -0.2) is 16.8 Å². The first-order chi connectivity index (χ1) is 28.3. The molecule has 59 heavy (non-hydrogen) atoms. The molecule has 0 heterocycles. The molecule has 0 atom stereocenters. The van der Waals surface area contributed by atoms with E-state index in [1.807, 2.05) is 24.3 Å². The smallest absolute Gasteiger partial charge is 0.255 e. The summed E-state index contributed by atoms with van der Waals surface area (Å²) >= 11 is 19.5. The van der Waals surface area contributed by atoms with Crippen LogP contribution in [0.3, 0.4) is 0 Å². The molecule has 6 aromatic rings. The number of rotatable bonds is 17. The van der Waals surface area contributed by atoms with Gasteiger partial charge in [-0.2, -0.15) is 0 Å². The Bertz CT molecular complexity index is 2740. The standard InChI is InChI=1S/C44H37Cl3N2O8S2/c1-54-37-10-4-6-30(23-37)18-20-58(50,51)48-35-9-5-11-38(26-35)56-28-33-13-16-40(42(47)25-33)39-15-12-31(24-41(39)46)19-21-59(52,53)49-36-14-17-43(55-2)44(27-36)57-29-32-7-3-8-34(45)22-32/h3-27,48-49H,28-29H2,1-2H3. The number of methoxy groups -OCH3 is 2. The van der Waals surface area contributed by atoms with E-state index in [1.165, 1.54) is 25.3 Å². The van der Waals surface area contributed by atoms with Crippen LogP contribution in [0.25, 0.3) is 23.3 Å². The van der Waals surface area contributed by atoms with Crippen molar-refractivity contribution in [2.75, 3.05) is 23.7 Å². The maximum Gasteiger partial charge on any atom is 0.255 e. The van der Waals surface area contributed by atoms with Crippen molar-refractivity contribution in [1.82, 2.24) is 0 Å². The van der Waals surface area contributed by atoms with Gasteiger partial charge in [0.2, 0.25) is 0 Å². The first kappa shape index (κ1) is 43.0. The summed E-state index contributed by atoms with van der Waals surface area (Å²) in [5.41, 5.74) is 4.73. The Morgan fingerprint density at radius 2 is 1.14 bits per heavy atom. The molecule has 0 bridgehead atoms. The number of ether oxygens (including phenoxy) is 4. The summed E-state index contributed by atoms with van der Waals surface area (Å²) in [6, 6.07) is 36.1. The number of sulfonamides is 2. The van der Waals surface area contributed by atoms with Crippen LogP contribution in [0.2, 0.25) is 15.1 Å². The summed E-state index contributed by atoms with van der Waals surface area (Å²) in [5.74, 6) is 1.84. The van der Waals surface area contributed by atoms with Gasteiger partial charge in [0.15, 0.2) is 11.5 Å². The van der Waals surface area contributed by atoms with Crippen LogP contribution in [-0.4, -0.2) is 31.1 Å². The van der Waals surface area contributed by atoms with Crippen molar-refractivity contribution in [2.24, 2.45) is 0 Å². The molecule has 15 heteroatoms. The van der Waals surface area contributed by atoms with E-state index in [9.17, 15) is 16.8 Å². The molecule has 0 saturated carbocycles. The first-order valence-corrected chi connectivity index (χ1v) is 21.9. The Labute approximate surface area is 358 Å². The van der Waals surface area contributed by atoms with Crippen molar-refractivity contribution in [3.8, 4) is 34.1 Å². The number of benzene rings is 6. The molecule has 0 fully saturated rings. The molecule has 0 radical (unpaired) electrons. The van der Waals surface area contributed by atoms with Gasteiger partial charge in [-0.05, 0) is 95.1 Å². The zero-order chi connectivity index (χ0) is 42.0. The van der Waals surface area contributed by atoms with Crippen molar-refractivity contribution in [2.45, 2.75) is 13.2 Å². The number of anilines is 2. The molecule has 0 saturated heterocycles. The van der Waals surface area contributed by atoms with Crippen LogP contribution < -0.4 is 28.4 Å². The summed E-state index contributed by atoms with van der Waals surface area (Å²) in [6.45, 7) is 0.352. The highest BCUT2D eigenvalue weighted by Crippen LogP contribution is 2.36. The van der Waals surface area contributed by atoms with E-state index >= 15 is 0 Å². The third kappa shape index (κ3) is 12.4. The summed E-state index contributed by atoms with van der Waals surface area (Å²) in [4.78, 5) is 0. The summed E-state index contributed by atoms with van der Waals surface area (Å²) in [7, 11) is -4.71. The minimum Gasteiger partial charge on any atom is -0.497 e. The highest BCUT2D eigenvalue weighted by atomic mass is 35.5. The monoisotopic (exact) mass is 890 g/mol. The summed E-state index contributed by atoms with van der Waals surface area (Å²) in [6.07, 6.45) is 2.91. The molecule has 0 spiro atoms. The molecule has 10 nitrogen and oxygen atoms in total. The fraction of sp³-hybridized carbons (Fsp3) is 0.0909. The van der Waals surface area contributed by atoms with Crippen LogP contribution in [0.5, 0.6) is 23.0 Å². The van der Waals surface area contributed by atoms with Crippen LogP contribution in [0.4, 0.5) is 11.4 Å². The van der Waals surface area contributed by atoms with Crippen molar-refractivity contribution >= 4 is 78.4 Å². The van der Waals surface area contributed by atoms with Crippen LogP contribution >= 0.6 is 34.8 Å². The predicted octanol–water partition coefficient (Wildman–Crippen LogP) is 11.3. The zero-order valence-corrected chi connectivity index (χ0v) is 35.5. The average molecular weight is 892 g/mol. The molecule has 0 aliphatic rings. The van der Waals surface area contributed by atoms with E-state index in [-0.39, 0.29) is 18.9 Å². The fourth-order valence-electron chi connectivity index (χ4n) is 5.66. The number of halogens is 3. The second-order valence-corrected chi connectivity index (χ2v) is 17.2. The van der Waals surface area contributed by atoms with Crippen molar-refractivity contribution in [3.05, 3.63) is 176 Å². The second kappa shape index (κ2) is 19.4. The molecule has 0 aliphatic carbocycles. The lowest BCUT2D eigenvalue weighted by Gasteiger charge is -2.13. The van der Waals surface area contributed by atoms with E-state index < -0.39 is 20.0 Å². The minimum atomic E-state index is -3.94. The molecule has 0 aromatic heterocycles. The number of hydrogen-bond acceptors (Lipinski definition) is 8.